The summed E-state index contributed by atoms with van der Waals surface area (Å²) in [6.45, 7) is 0.142. The first-order chi connectivity index (χ1) is 6.17. The van der Waals surface area contributed by atoms with Gasteiger partial charge in [0, 0.05) is 13.7 Å². The molecule has 0 bridgehead atoms. The number of aliphatic hydroxyl groups excluding tert-OH is 1. The van der Waals surface area contributed by atoms with Crippen LogP contribution in [0.25, 0.3) is 0 Å². The van der Waals surface area contributed by atoms with Crippen molar-refractivity contribution in [3.05, 3.63) is 0 Å². The molecule has 0 radical (unpaired) electrons. The Labute approximate surface area is 77.2 Å². The van der Waals surface area contributed by atoms with Crippen LogP contribution < -0.4 is 11.1 Å². The van der Waals surface area contributed by atoms with Crippen LogP contribution in [0.2, 0.25) is 0 Å². The highest BCUT2D eigenvalue weighted by Crippen LogP contribution is 2.34. The van der Waals surface area contributed by atoms with Crippen molar-refractivity contribution in [1.29, 1.82) is 0 Å². The number of amides is 1. The van der Waals surface area contributed by atoms with E-state index in [2.05, 4.69) is 5.32 Å². The molecule has 1 aliphatic carbocycles. The first-order valence-corrected chi connectivity index (χ1v) is 4.33. The average molecular weight is 188 g/mol. The maximum Gasteiger partial charge on any atom is 0.250 e. The van der Waals surface area contributed by atoms with Crippen LogP contribution in [0.5, 0.6) is 0 Å². The summed E-state index contributed by atoms with van der Waals surface area (Å²) in [5.41, 5.74) is 4.93. The lowest BCUT2D eigenvalue weighted by atomic mass is 10.2. The molecule has 0 aromatic rings. The van der Waals surface area contributed by atoms with E-state index in [1.807, 2.05) is 0 Å². The highest BCUT2D eigenvalue weighted by Gasteiger charge is 2.44. The largest absolute Gasteiger partial charge is 0.394 e. The summed E-state index contributed by atoms with van der Waals surface area (Å²) in [5, 5.41) is 11.7. The summed E-state index contributed by atoms with van der Waals surface area (Å²) in [5.74, 6) is -0.239. The Kier molecular flexibility index (Phi) is 3.24. The number of methoxy groups -OCH3 is 1. The number of nitrogens with one attached hydrogen (secondary N) is 1. The van der Waals surface area contributed by atoms with Crippen molar-refractivity contribution in [2.75, 3.05) is 20.3 Å². The van der Waals surface area contributed by atoms with E-state index in [-0.39, 0.29) is 24.6 Å². The highest BCUT2D eigenvalue weighted by molar-refractivity contribution is 5.82. The molecule has 0 aromatic heterocycles. The van der Waals surface area contributed by atoms with Gasteiger partial charge in [-0.1, -0.05) is 0 Å². The third kappa shape index (κ3) is 2.40. The van der Waals surface area contributed by atoms with Crippen LogP contribution in [0.15, 0.2) is 0 Å². The van der Waals surface area contributed by atoms with E-state index in [1.54, 1.807) is 0 Å². The quantitative estimate of drug-likeness (QED) is 0.495. The Balaban J connectivity index is 2.40. The van der Waals surface area contributed by atoms with Crippen molar-refractivity contribution < 1.29 is 14.6 Å². The lowest BCUT2D eigenvalue weighted by Gasteiger charge is -2.18. The predicted octanol–water partition coefficient (Wildman–Crippen LogP) is -1.40. The number of nitrogens with two attached hydrogens (primary N) is 1. The average Bonchev–Trinajstić information content (AvgIpc) is 2.88. The number of carbonyl (C=O) groups is 1. The second kappa shape index (κ2) is 4.04. The molecule has 5 heteroatoms. The third-order valence-corrected chi connectivity index (χ3v) is 2.34. The van der Waals surface area contributed by atoms with E-state index in [9.17, 15) is 4.79 Å². The van der Waals surface area contributed by atoms with Crippen LogP contribution in [0.3, 0.4) is 0 Å². The van der Waals surface area contributed by atoms with Crippen LogP contribution in [-0.4, -0.2) is 42.9 Å². The Bertz CT molecular complexity index is 188. The smallest absolute Gasteiger partial charge is 0.250 e. The highest BCUT2D eigenvalue weighted by atomic mass is 16.5. The zero-order valence-electron chi connectivity index (χ0n) is 7.75. The molecular formula is C8H16N2O3. The summed E-state index contributed by atoms with van der Waals surface area (Å²) in [6.07, 6.45) is 1.05. The number of aliphatic hydroxyl groups is 1. The molecule has 0 spiro atoms. The van der Waals surface area contributed by atoms with E-state index in [1.165, 1.54) is 7.11 Å². The molecule has 13 heavy (non-hydrogen) atoms. The Morgan fingerprint density at radius 3 is 2.69 bits per heavy atom. The van der Waals surface area contributed by atoms with Gasteiger partial charge in [0.25, 0.3) is 5.91 Å². The van der Waals surface area contributed by atoms with Gasteiger partial charge < -0.3 is 20.9 Å². The van der Waals surface area contributed by atoms with Crippen LogP contribution in [0.4, 0.5) is 0 Å². The SMILES string of the molecule is COC(CN)C(=O)NC1(CO)CC1. The van der Waals surface area contributed by atoms with Crippen molar-refractivity contribution >= 4 is 5.91 Å². The molecule has 1 fully saturated rings. The van der Waals surface area contributed by atoms with E-state index in [0.29, 0.717) is 0 Å². The maximum absolute atomic E-state index is 11.4. The molecule has 0 aliphatic heterocycles. The third-order valence-electron chi connectivity index (χ3n) is 2.34. The normalized spacial score (nSPS) is 20.8. The number of carbonyl (C=O) groups excluding carboxylic acids is 1. The fourth-order valence-electron chi connectivity index (χ4n) is 1.13. The summed E-state index contributed by atoms with van der Waals surface area (Å²) < 4.78 is 4.86. The van der Waals surface area contributed by atoms with Gasteiger partial charge in [-0.3, -0.25) is 4.79 Å². The molecule has 1 aliphatic rings. The Morgan fingerprint density at radius 1 is 1.77 bits per heavy atom. The van der Waals surface area contributed by atoms with Gasteiger partial charge in [-0.25, -0.2) is 0 Å². The van der Waals surface area contributed by atoms with Gasteiger partial charge in [0.1, 0.15) is 6.10 Å². The van der Waals surface area contributed by atoms with Crippen molar-refractivity contribution in [2.45, 2.75) is 24.5 Å². The zero-order chi connectivity index (χ0) is 9.90. The van der Waals surface area contributed by atoms with Gasteiger partial charge in [-0.2, -0.15) is 0 Å². The van der Waals surface area contributed by atoms with Gasteiger partial charge >= 0.3 is 0 Å². The van der Waals surface area contributed by atoms with Crippen molar-refractivity contribution in [1.82, 2.24) is 5.32 Å². The minimum absolute atomic E-state index is 0.0141. The molecule has 0 heterocycles. The van der Waals surface area contributed by atoms with E-state index in [0.717, 1.165) is 12.8 Å². The molecule has 1 rings (SSSR count). The van der Waals surface area contributed by atoms with Gasteiger partial charge in [-0.15, -0.1) is 0 Å². The number of ether oxygens (including phenoxy) is 1. The molecule has 76 valence electrons. The molecule has 1 atom stereocenters. The maximum atomic E-state index is 11.4. The van der Waals surface area contributed by atoms with Crippen LogP contribution in [0, 0.1) is 0 Å². The van der Waals surface area contributed by atoms with E-state index < -0.39 is 6.10 Å². The summed E-state index contributed by atoms with van der Waals surface area (Å²) in [7, 11) is 1.44. The van der Waals surface area contributed by atoms with Crippen molar-refractivity contribution in [3.63, 3.8) is 0 Å². The molecular weight excluding hydrogens is 172 g/mol. The summed E-state index contributed by atoms with van der Waals surface area (Å²) >= 11 is 0. The molecule has 4 N–H and O–H groups in total. The molecule has 1 amide bonds. The van der Waals surface area contributed by atoms with E-state index in [4.69, 9.17) is 15.6 Å². The minimum atomic E-state index is -0.607. The Hall–Kier alpha value is -0.650. The van der Waals surface area contributed by atoms with E-state index >= 15 is 0 Å². The van der Waals surface area contributed by atoms with Gasteiger partial charge in [-0.05, 0) is 12.8 Å². The van der Waals surface area contributed by atoms with Gasteiger partial charge in [0.05, 0.1) is 12.1 Å². The number of hydrogen-bond donors (Lipinski definition) is 3. The monoisotopic (exact) mass is 188 g/mol. The minimum Gasteiger partial charge on any atom is -0.394 e. The first kappa shape index (κ1) is 10.4. The van der Waals surface area contributed by atoms with Crippen LogP contribution in [-0.2, 0) is 9.53 Å². The molecule has 0 aromatic carbocycles. The molecule has 5 nitrogen and oxygen atoms in total. The lowest BCUT2D eigenvalue weighted by molar-refractivity contribution is -0.131. The molecule has 1 unspecified atom stereocenters. The summed E-state index contributed by atoms with van der Waals surface area (Å²) in [4.78, 5) is 11.4. The Morgan fingerprint density at radius 2 is 2.38 bits per heavy atom. The van der Waals surface area contributed by atoms with Crippen LogP contribution >= 0.6 is 0 Å². The van der Waals surface area contributed by atoms with Crippen molar-refractivity contribution in [3.8, 4) is 0 Å². The van der Waals surface area contributed by atoms with Gasteiger partial charge in [0.15, 0.2) is 0 Å². The fourth-order valence-corrected chi connectivity index (χ4v) is 1.13. The standard InChI is InChI=1S/C8H16N2O3/c1-13-6(4-9)7(12)10-8(5-11)2-3-8/h6,11H,2-5,9H2,1H3,(H,10,12). The molecule has 0 saturated heterocycles. The second-order valence-corrected chi connectivity index (χ2v) is 3.39. The topological polar surface area (TPSA) is 84.6 Å². The number of hydrogen-bond acceptors (Lipinski definition) is 4. The first-order valence-electron chi connectivity index (χ1n) is 4.33. The molecule has 1 saturated carbocycles. The zero-order valence-corrected chi connectivity index (χ0v) is 7.75. The van der Waals surface area contributed by atoms with Gasteiger partial charge in [0.2, 0.25) is 0 Å². The fraction of sp³-hybridized carbons (Fsp3) is 0.875. The van der Waals surface area contributed by atoms with Crippen molar-refractivity contribution in [2.24, 2.45) is 5.73 Å². The number of rotatable bonds is 5. The van der Waals surface area contributed by atoms with Crippen LogP contribution in [0.1, 0.15) is 12.8 Å². The summed E-state index contributed by atoms with van der Waals surface area (Å²) in [6, 6.07) is 0. The second-order valence-electron chi connectivity index (χ2n) is 3.39. The lowest BCUT2D eigenvalue weighted by Crippen LogP contribution is -2.47. The predicted molar refractivity (Wildman–Crippen MR) is 47.0 cm³/mol.